The van der Waals surface area contributed by atoms with Gasteiger partial charge in [0.25, 0.3) is 0 Å². The van der Waals surface area contributed by atoms with Crippen LogP contribution in [0.15, 0.2) is 30.3 Å². The van der Waals surface area contributed by atoms with E-state index in [-0.39, 0.29) is 5.92 Å². The van der Waals surface area contributed by atoms with E-state index in [1.54, 1.807) is 0 Å². The minimum absolute atomic E-state index is 0.262. The van der Waals surface area contributed by atoms with Gasteiger partial charge in [-0.15, -0.1) is 0 Å². The number of ketones is 1. The highest BCUT2D eigenvalue weighted by molar-refractivity contribution is 5.82. The van der Waals surface area contributed by atoms with E-state index in [1.165, 1.54) is 5.56 Å². The molecule has 0 N–H and O–H groups in total. The van der Waals surface area contributed by atoms with E-state index in [2.05, 4.69) is 36.1 Å². The molecule has 1 heterocycles. The predicted molar refractivity (Wildman–Crippen MR) is 65.1 cm³/mol. The minimum Gasteiger partial charge on any atom is -0.299 e. The lowest BCUT2D eigenvalue weighted by molar-refractivity contribution is -0.126. The van der Waals surface area contributed by atoms with Crippen molar-refractivity contribution in [2.75, 3.05) is 13.1 Å². The molecule has 0 unspecified atom stereocenters. The Balaban J connectivity index is 1.94. The van der Waals surface area contributed by atoms with Gasteiger partial charge in [0.1, 0.15) is 5.78 Å². The van der Waals surface area contributed by atoms with Crippen LogP contribution in [0.3, 0.4) is 0 Å². The maximum absolute atomic E-state index is 11.6. The zero-order chi connectivity index (χ0) is 11.4. The Hall–Kier alpha value is -1.15. The molecule has 16 heavy (non-hydrogen) atoms. The SMILES string of the molecule is CC[C@@H]1CN(Cc2ccccc2)CCC1=O. The summed E-state index contributed by atoms with van der Waals surface area (Å²) in [7, 11) is 0. The summed E-state index contributed by atoms with van der Waals surface area (Å²) in [5.41, 5.74) is 1.34. The minimum atomic E-state index is 0.262. The molecule has 1 aromatic rings. The lowest BCUT2D eigenvalue weighted by Gasteiger charge is -2.31. The van der Waals surface area contributed by atoms with Crippen molar-refractivity contribution in [3.05, 3.63) is 35.9 Å². The summed E-state index contributed by atoms with van der Waals surface area (Å²) in [6.07, 6.45) is 1.70. The van der Waals surface area contributed by atoms with Gasteiger partial charge in [-0.3, -0.25) is 9.69 Å². The molecule has 1 fully saturated rings. The molecule has 0 aromatic heterocycles. The first-order valence-corrected chi connectivity index (χ1v) is 6.08. The van der Waals surface area contributed by atoms with Crippen LogP contribution in [0.1, 0.15) is 25.3 Å². The summed E-state index contributed by atoms with van der Waals surface area (Å²) >= 11 is 0. The monoisotopic (exact) mass is 217 g/mol. The van der Waals surface area contributed by atoms with Crippen molar-refractivity contribution in [2.45, 2.75) is 26.3 Å². The first-order chi connectivity index (χ1) is 7.79. The molecule has 2 heteroatoms. The molecule has 1 aliphatic rings. The Kier molecular flexibility index (Phi) is 3.73. The summed E-state index contributed by atoms with van der Waals surface area (Å²) in [6, 6.07) is 10.5. The van der Waals surface area contributed by atoms with Crippen LogP contribution in [0.5, 0.6) is 0 Å². The topological polar surface area (TPSA) is 20.3 Å². The summed E-state index contributed by atoms with van der Waals surface area (Å²) in [4.78, 5) is 14.0. The van der Waals surface area contributed by atoms with Gasteiger partial charge in [-0.05, 0) is 12.0 Å². The van der Waals surface area contributed by atoms with Crippen molar-refractivity contribution in [2.24, 2.45) is 5.92 Å². The standard InChI is InChI=1S/C14H19NO/c1-2-13-11-15(9-8-14(13)16)10-12-6-4-3-5-7-12/h3-7,13H,2,8-11H2,1H3/t13-/m1/s1. The van der Waals surface area contributed by atoms with Gasteiger partial charge >= 0.3 is 0 Å². The Morgan fingerprint density at radius 2 is 2.06 bits per heavy atom. The van der Waals surface area contributed by atoms with Crippen LogP contribution < -0.4 is 0 Å². The Morgan fingerprint density at radius 1 is 1.31 bits per heavy atom. The molecule has 0 spiro atoms. The average molecular weight is 217 g/mol. The molecule has 1 atom stereocenters. The zero-order valence-corrected chi connectivity index (χ0v) is 9.86. The third-order valence-corrected chi connectivity index (χ3v) is 3.35. The number of likely N-dealkylation sites (tertiary alicyclic amines) is 1. The Labute approximate surface area is 97.3 Å². The molecular weight excluding hydrogens is 198 g/mol. The molecule has 1 aromatic carbocycles. The quantitative estimate of drug-likeness (QED) is 0.775. The van der Waals surface area contributed by atoms with Gasteiger partial charge in [-0.2, -0.15) is 0 Å². The van der Waals surface area contributed by atoms with Gasteiger partial charge < -0.3 is 0 Å². The molecule has 0 saturated carbocycles. The van der Waals surface area contributed by atoms with Gasteiger partial charge in [0.05, 0.1) is 0 Å². The van der Waals surface area contributed by atoms with Gasteiger partial charge in [0.2, 0.25) is 0 Å². The fourth-order valence-corrected chi connectivity index (χ4v) is 2.32. The van der Waals surface area contributed by atoms with E-state index in [9.17, 15) is 4.79 Å². The van der Waals surface area contributed by atoms with Crippen molar-refractivity contribution in [1.29, 1.82) is 0 Å². The van der Waals surface area contributed by atoms with Crippen LogP contribution in [-0.4, -0.2) is 23.8 Å². The molecule has 86 valence electrons. The van der Waals surface area contributed by atoms with Gasteiger partial charge in [0.15, 0.2) is 0 Å². The number of hydrogen-bond donors (Lipinski definition) is 0. The van der Waals surface area contributed by atoms with Crippen LogP contribution in [0.25, 0.3) is 0 Å². The summed E-state index contributed by atoms with van der Waals surface area (Å²) in [5.74, 6) is 0.712. The predicted octanol–water partition coefficient (Wildman–Crippen LogP) is 2.49. The maximum atomic E-state index is 11.6. The van der Waals surface area contributed by atoms with Gasteiger partial charge in [-0.25, -0.2) is 0 Å². The van der Waals surface area contributed by atoms with E-state index >= 15 is 0 Å². The second kappa shape index (κ2) is 5.26. The molecule has 2 rings (SSSR count). The highest BCUT2D eigenvalue weighted by Crippen LogP contribution is 2.17. The molecule has 0 amide bonds. The normalized spacial score (nSPS) is 22.3. The van der Waals surface area contributed by atoms with Gasteiger partial charge in [0, 0.05) is 32.0 Å². The maximum Gasteiger partial charge on any atom is 0.138 e. The van der Waals surface area contributed by atoms with E-state index in [0.29, 0.717) is 5.78 Å². The van der Waals surface area contributed by atoms with Crippen LogP contribution >= 0.6 is 0 Å². The van der Waals surface area contributed by atoms with Crippen molar-refractivity contribution in [1.82, 2.24) is 4.90 Å². The number of piperidine rings is 1. The van der Waals surface area contributed by atoms with E-state index < -0.39 is 0 Å². The van der Waals surface area contributed by atoms with Crippen molar-refractivity contribution in [3.8, 4) is 0 Å². The molecule has 1 aliphatic heterocycles. The second-order valence-corrected chi connectivity index (χ2v) is 4.54. The third kappa shape index (κ3) is 2.70. The molecule has 1 saturated heterocycles. The van der Waals surface area contributed by atoms with Gasteiger partial charge in [-0.1, -0.05) is 37.3 Å². The number of benzene rings is 1. The van der Waals surface area contributed by atoms with E-state index in [1.807, 2.05) is 6.07 Å². The number of rotatable bonds is 3. The highest BCUT2D eigenvalue weighted by atomic mass is 16.1. The fourth-order valence-electron chi connectivity index (χ4n) is 2.32. The highest BCUT2D eigenvalue weighted by Gasteiger charge is 2.25. The van der Waals surface area contributed by atoms with E-state index in [4.69, 9.17) is 0 Å². The Morgan fingerprint density at radius 3 is 2.75 bits per heavy atom. The summed E-state index contributed by atoms with van der Waals surface area (Å²) < 4.78 is 0. The second-order valence-electron chi connectivity index (χ2n) is 4.54. The average Bonchev–Trinajstić information content (AvgIpc) is 2.33. The van der Waals surface area contributed by atoms with E-state index in [0.717, 1.165) is 32.5 Å². The smallest absolute Gasteiger partial charge is 0.138 e. The van der Waals surface area contributed by atoms with Crippen molar-refractivity contribution < 1.29 is 4.79 Å². The van der Waals surface area contributed by atoms with Crippen LogP contribution in [0.2, 0.25) is 0 Å². The molecule has 2 nitrogen and oxygen atoms in total. The fraction of sp³-hybridized carbons (Fsp3) is 0.500. The number of nitrogens with zero attached hydrogens (tertiary/aromatic N) is 1. The van der Waals surface area contributed by atoms with Crippen LogP contribution in [0, 0.1) is 5.92 Å². The lowest BCUT2D eigenvalue weighted by atomic mass is 9.94. The summed E-state index contributed by atoms with van der Waals surface area (Å²) in [5, 5.41) is 0. The zero-order valence-electron chi connectivity index (χ0n) is 9.86. The number of hydrogen-bond acceptors (Lipinski definition) is 2. The Bertz CT molecular complexity index is 347. The molecular formula is C14H19NO. The van der Waals surface area contributed by atoms with Crippen molar-refractivity contribution in [3.63, 3.8) is 0 Å². The van der Waals surface area contributed by atoms with Crippen molar-refractivity contribution >= 4 is 5.78 Å². The van der Waals surface area contributed by atoms with Crippen LogP contribution in [-0.2, 0) is 11.3 Å². The first kappa shape index (κ1) is 11.3. The lowest BCUT2D eigenvalue weighted by Crippen LogP contribution is -2.40. The number of Topliss-reactive ketones (excluding diaryl/α,β-unsaturated/α-hetero) is 1. The molecule has 0 bridgehead atoms. The molecule has 0 aliphatic carbocycles. The first-order valence-electron chi connectivity index (χ1n) is 6.08. The molecule has 0 radical (unpaired) electrons. The number of carbonyl (C=O) groups excluding carboxylic acids is 1. The largest absolute Gasteiger partial charge is 0.299 e. The summed E-state index contributed by atoms with van der Waals surface area (Å²) in [6.45, 7) is 4.94. The number of carbonyl (C=O) groups is 1. The third-order valence-electron chi connectivity index (χ3n) is 3.35. The van der Waals surface area contributed by atoms with Crippen LogP contribution in [0.4, 0.5) is 0 Å².